The number of aliphatic hydroxyl groups is 1. The third kappa shape index (κ3) is 2.68. The topological polar surface area (TPSA) is 53.2 Å². The number of nitriles is 1. The van der Waals surface area contributed by atoms with Gasteiger partial charge in [-0.15, -0.1) is 0 Å². The monoisotopic (exact) mass is 277 g/mol. The van der Waals surface area contributed by atoms with Crippen molar-refractivity contribution >= 4 is 11.6 Å². The van der Waals surface area contributed by atoms with Crippen LogP contribution in [-0.2, 0) is 6.61 Å². The highest BCUT2D eigenvalue weighted by Crippen LogP contribution is 2.34. The minimum atomic E-state index is -0.669. The molecular weight excluding hydrogens is 269 g/mol. The zero-order chi connectivity index (χ0) is 13.8. The first kappa shape index (κ1) is 13.3. The van der Waals surface area contributed by atoms with Gasteiger partial charge in [0.05, 0.1) is 11.6 Å². The number of hydrogen-bond acceptors (Lipinski definition) is 3. The van der Waals surface area contributed by atoms with Crippen molar-refractivity contribution in [1.29, 1.82) is 5.26 Å². The van der Waals surface area contributed by atoms with Crippen molar-refractivity contribution in [2.24, 2.45) is 0 Å². The summed E-state index contributed by atoms with van der Waals surface area (Å²) in [4.78, 5) is 0. The fraction of sp³-hybridized carbons (Fsp3) is 0.0714. The molecule has 0 fully saturated rings. The van der Waals surface area contributed by atoms with Gasteiger partial charge in [0, 0.05) is 5.56 Å². The standard InChI is InChI=1S/C14H9ClFNO2/c15-11-4-1-3-9(8-18)14(11)19-13-6-2-5-12(16)10(13)7-17/h1-6,18H,8H2. The van der Waals surface area contributed by atoms with Gasteiger partial charge in [0.25, 0.3) is 0 Å². The first-order valence-corrected chi connectivity index (χ1v) is 5.80. The molecule has 1 N–H and O–H groups in total. The minimum Gasteiger partial charge on any atom is -0.454 e. The molecule has 0 atom stereocenters. The molecular formula is C14H9ClFNO2. The van der Waals surface area contributed by atoms with Crippen molar-refractivity contribution in [3.63, 3.8) is 0 Å². The second-order valence-corrected chi connectivity index (χ2v) is 4.12. The lowest BCUT2D eigenvalue weighted by Gasteiger charge is -2.12. The summed E-state index contributed by atoms with van der Waals surface area (Å²) in [5.41, 5.74) is 0.256. The molecule has 2 rings (SSSR count). The van der Waals surface area contributed by atoms with Gasteiger partial charge in [-0.2, -0.15) is 5.26 Å². The molecule has 0 aliphatic carbocycles. The molecule has 2 aromatic rings. The van der Waals surface area contributed by atoms with E-state index in [9.17, 15) is 9.50 Å². The summed E-state index contributed by atoms with van der Waals surface area (Å²) >= 11 is 5.98. The summed E-state index contributed by atoms with van der Waals surface area (Å²) in [6, 6.07) is 10.7. The van der Waals surface area contributed by atoms with Crippen LogP contribution in [0.4, 0.5) is 4.39 Å². The first-order valence-electron chi connectivity index (χ1n) is 5.42. The van der Waals surface area contributed by atoms with Crippen molar-refractivity contribution in [3.05, 3.63) is 58.4 Å². The Hall–Kier alpha value is -2.09. The van der Waals surface area contributed by atoms with E-state index in [0.717, 1.165) is 0 Å². The highest BCUT2D eigenvalue weighted by molar-refractivity contribution is 6.32. The highest BCUT2D eigenvalue weighted by Gasteiger charge is 2.14. The van der Waals surface area contributed by atoms with Crippen LogP contribution in [0, 0.1) is 17.1 Å². The SMILES string of the molecule is N#Cc1c(F)cccc1Oc1c(Cl)cccc1CO. The van der Waals surface area contributed by atoms with E-state index < -0.39 is 5.82 Å². The Morgan fingerprint density at radius 3 is 2.68 bits per heavy atom. The lowest BCUT2D eigenvalue weighted by molar-refractivity contribution is 0.276. The number of ether oxygens (including phenoxy) is 1. The summed E-state index contributed by atoms with van der Waals surface area (Å²) in [6.07, 6.45) is 0. The molecule has 0 saturated heterocycles. The van der Waals surface area contributed by atoms with E-state index in [1.54, 1.807) is 24.3 Å². The van der Waals surface area contributed by atoms with Crippen LogP contribution >= 0.6 is 11.6 Å². The van der Waals surface area contributed by atoms with E-state index >= 15 is 0 Å². The average molecular weight is 278 g/mol. The normalized spacial score (nSPS) is 10.0. The summed E-state index contributed by atoms with van der Waals surface area (Å²) in [5.74, 6) is -0.392. The summed E-state index contributed by atoms with van der Waals surface area (Å²) in [6.45, 7) is -0.271. The van der Waals surface area contributed by atoms with Crippen LogP contribution in [0.25, 0.3) is 0 Å². The molecule has 0 amide bonds. The van der Waals surface area contributed by atoms with Gasteiger partial charge in [0.2, 0.25) is 0 Å². The van der Waals surface area contributed by atoms with Gasteiger partial charge >= 0.3 is 0 Å². The Labute approximate surface area is 114 Å². The number of para-hydroxylation sites is 1. The zero-order valence-corrected chi connectivity index (χ0v) is 10.5. The van der Waals surface area contributed by atoms with Crippen LogP contribution in [0.3, 0.4) is 0 Å². The molecule has 0 aromatic heterocycles. The summed E-state index contributed by atoms with van der Waals surface area (Å²) < 4.78 is 18.9. The number of nitrogens with zero attached hydrogens (tertiary/aromatic N) is 1. The maximum absolute atomic E-state index is 13.5. The van der Waals surface area contributed by atoms with Crippen LogP contribution in [-0.4, -0.2) is 5.11 Å². The number of rotatable bonds is 3. The molecule has 0 unspecified atom stereocenters. The maximum atomic E-state index is 13.5. The molecule has 2 aromatic carbocycles. The molecule has 0 heterocycles. The van der Waals surface area contributed by atoms with E-state index in [-0.39, 0.29) is 28.7 Å². The third-order valence-corrected chi connectivity index (χ3v) is 2.82. The lowest BCUT2D eigenvalue weighted by atomic mass is 10.2. The molecule has 5 heteroatoms. The Morgan fingerprint density at radius 2 is 2.00 bits per heavy atom. The first-order chi connectivity index (χ1) is 9.17. The van der Waals surface area contributed by atoms with Gasteiger partial charge < -0.3 is 9.84 Å². The Morgan fingerprint density at radius 1 is 1.26 bits per heavy atom. The van der Waals surface area contributed by atoms with Crippen molar-refractivity contribution < 1.29 is 14.2 Å². The van der Waals surface area contributed by atoms with Crippen molar-refractivity contribution in [3.8, 4) is 17.6 Å². The van der Waals surface area contributed by atoms with Gasteiger partial charge in [-0.3, -0.25) is 0 Å². The van der Waals surface area contributed by atoms with Crippen LogP contribution in [0.5, 0.6) is 11.5 Å². The maximum Gasteiger partial charge on any atom is 0.151 e. The smallest absolute Gasteiger partial charge is 0.151 e. The average Bonchev–Trinajstić information content (AvgIpc) is 2.41. The van der Waals surface area contributed by atoms with Gasteiger partial charge in [-0.25, -0.2) is 4.39 Å². The predicted molar refractivity (Wildman–Crippen MR) is 68.6 cm³/mol. The fourth-order valence-electron chi connectivity index (χ4n) is 1.60. The second-order valence-electron chi connectivity index (χ2n) is 3.71. The van der Waals surface area contributed by atoms with Crippen LogP contribution in [0.2, 0.25) is 5.02 Å². The molecule has 0 aliphatic rings. The number of hydrogen-bond donors (Lipinski definition) is 1. The van der Waals surface area contributed by atoms with Crippen molar-refractivity contribution in [2.45, 2.75) is 6.61 Å². The Balaban J connectivity index is 2.48. The van der Waals surface area contributed by atoms with E-state index in [2.05, 4.69) is 0 Å². The molecule has 0 spiro atoms. The number of benzene rings is 2. The van der Waals surface area contributed by atoms with Crippen molar-refractivity contribution in [1.82, 2.24) is 0 Å². The molecule has 0 bridgehead atoms. The number of halogens is 2. The Bertz CT molecular complexity index is 652. The highest BCUT2D eigenvalue weighted by atomic mass is 35.5. The quantitative estimate of drug-likeness (QED) is 0.932. The van der Waals surface area contributed by atoms with E-state index in [1.165, 1.54) is 18.2 Å². The van der Waals surface area contributed by atoms with Crippen LogP contribution in [0.15, 0.2) is 36.4 Å². The largest absolute Gasteiger partial charge is 0.454 e. The molecule has 0 saturated carbocycles. The van der Waals surface area contributed by atoms with Crippen LogP contribution < -0.4 is 4.74 Å². The predicted octanol–water partition coefficient (Wildman–Crippen LogP) is 3.64. The van der Waals surface area contributed by atoms with E-state index in [0.29, 0.717) is 5.56 Å². The van der Waals surface area contributed by atoms with Gasteiger partial charge in [0.1, 0.15) is 23.2 Å². The van der Waals surface area contributed by atoms with E-state index in [1.807, 2.05) is 0 Å². The molecule has 0 radical (unpaired) electrons. The van der Waals surface area contributed by atoms with Crippen LogP contribution in [0.1, 0.15) is 11.1 Å². The van der Waals surface area contributed by atoms with Gasteiger partial charge in [0.15, 0.2) is 5.75 Å². The molecule has 19 heavy (non-hydrogen) atoms. The minimum absolute atomic E-state index is 0.0605. The third-order valence-electron chi connectivity index (χ3n) is 2.52. The zero-order valence-electron chi connectivity index (χ0n) is 9.73. The molecule has 3 nitrogen and oxygen atoms in total. The Kier molecular flexibility index (Phi) is 4.00. The second kappa shape index (κ2) is 5.70. The number of aliphatic hydroxyl groups excluding tert-OH is 1. The summed E-state index contributed by atoms with van der Waals surface area (Å²) in [5, 5.41) is 18.4. The van der Waals surface area contributed by atoms with E-state index in [4.69, 9.17) is 21.6 Å². The van der Waals surface area contributed by atoms with Crippen molar-refractivity contribution in [2.75, 3.05) is 0 Å². The fourth-order valence-corrected chi connectivity index (χ4v) is 1.83. The molecule has 0 aliphatic heterocycles. The summed E-state index contributed by atoms with van der Waals surface area (Å²) in [7, 11) is 0. The van der Waals surface area contributed by atoms with Gasteiger partial charge in [-0.1, -0.05) is 29.8 Å². The van der Waals surface area contributed by atoms with Gasteiger partial charge in [-0.05, 0) is 18.2 Å². The lowest BCUT2D eigenvalue weighted by Crippen LogP contribution is -1.96. The molecule has 96 valence electrons.